The monoisotopic (exact) mass is 308 g/mol. The van der Waals surface area contributed by atoms with E-state index in [1.165, 1.54) is 24.0 Å². The van der Waals surface area contributed by atoms with Crippen molar-refractivity contribution in [3.63, 3.8) is 0 Å². The van der Waals surface area contributed by atoms with Crippen molar-refractivity contribution in [1.29, 1.82) is 0 Å². The smallest absolute Gasteiger partial charge is 0.317 e. The first-order valence-electron chi connectivity index (χ1n) is 8.31. The summed E-state index contributed by atoms with van der Waals surface area (Å²) in [6.07, 6.45) is 2.45. The first-order valence-corrected chi connectivity index (χ1v) is 8.31. The molecule has 2 aromatic carbocycles. The fraction of sp³-hybridized carbons (Fsp3) is 0.350. The number of nitrogens with one attached hydrogen (secondary N) is 1. The lowest BCUT2D eigenvalue weighted by molar-refractivity contribution is 0.181. The fourth-order valence-corrected chi connectivity index (χ4v) is 2.85. The van der Waals surface area contributed by atoms with Gasteiger partial charge in [0.1, 0.15) is 0 Å². The van der Waals surface area contributed by atoms with E-state index in [9.17, 15) is 4.79 Å². The summed E-state index contributed by atoms with van der Waals surface area (Å²) < 4.78 is 0. The van der Waals surface area contributed by atoms with Crippen molar-refractivity contribution in [3.05, 3.63) is 65.7 Å². The van der Waals surface area contributed by atoms with Gasteiger partial charge in [0.15, 0.2) is 0 Å². The molecule has 120 valence electrons. The van der Waals surface area contributed by atoms with Crippen LogP contribution in [0.1, 0.15) is 30.9 Å². The molecule has 1 atom stereocenters. The summed E-state index contributed by atoms with van der Waals surface area (Å²) in [6, 6.07) is 18.4. The van der Waals surface area contributed by atoms with Crippen molar-refractivity contribution in [1.82, 2.24) is 4.90 Å². The highest BCUT2D eigenvalue weighted by molar-refractivity contribution is 5.89. The molecule has 3 heteroatoms. The maximum Gasteiger partial charge on any atom is 0.322 e. The molecule has 0 spiro atoms. The van der Waals surface area contributed by atoms with Gasteiger partial charge >= 0.3 is 6.03 Å². The number of benzene rings is 2. The molecule has 3 rings (SSSR count). The normalized spacial score (nSPS) is 15.0. The van der Waals surface area contributed by atoms with Gasteiger partial charge in [-0.3, -0.25) is 0 Å². The Morgan fingerprint density at radius 2 is 1.78 bits per heavy atom. The summed E-state index contributed by atoms with van der Waals surface area (Å²) in [7, 11) is 0. The van der Waals surface area contributed by atoms with E-state index in [1.807, 2.05) is 54.3 Å². The number of hydrogen-bond acceptors (Lipinski definition) is 1. The number of nitrogens with zero attached hydrogens (tertiary/aromatic N) is 1. The van der Waals surface area contributed by atoms with Gasteiger partial charge in [0.25, 0.3) is 0 Å². The summed E-state index contributed by atoms with van der Waals surface area (Å²) in [5.74, 6) is 0.641. The number of rotatable bonds is 5. The maximum absolute atomic E-state index is 12.8. The average molecular weight is 308 g/mol. The van der Waals surface area contributed by atoms with Crippen molar-refractivity contribution in [2.75, 3.05) is 5.32 Å². The number of carbonyl (C=O) groups is 1. The second kappa shape index (κ2) is 6.86. The molecule has 2 aromatic rings. The fourth-order valence-electron chi connectivity index (χ4n) is 2.85. The van der Waals surface area contributed by atoms with Crippen LogP contribution in [0.25, 0.3) is 0 Å². The number of amides is 2. The van der Waals surface area contributed by atoms with E-state index in [2.05, 4.69) is 24.4 Å². The number of carbonyl (C=O) groups excluding carboxylic acids is 1. The lowest BCUT2D eigenvalue weighted by Gasteiger charge is -2.29. The minimum absolute atomic E-state index is 0.0166. The van der Waals surface area contributed by atoms with Crippen LogP contribution in [0.4, 0.5) is 10.5 Å². The SMILES string of the molecule is Cc1ccc(NC(=O)N(Cc2ccccc2)[C@@H](C)C2CC2)cc1. The Balaban J connectivity index is 1.73. The third-order valence-corrected chi connectivity index (χ3v) is 4.56. The highest BCUT2D eigenvalue weighted by atomic mass is 16.2. The number of urea groups is 1. The lowest BCUT2D eigenvalue weighted by Crippen LogP contribution is -2.42. The van der Waals surface area contributed by atoms with Crippen LogP contribution in [0.15, 0.2) is 54.6 Å². The Bertz CT molecular complexity index is 647. The van der Waals surface area contributed by atoms with E-state index in [0.29, 0.717) is 12.5 Å². The van der Waals surface area contributed by atoms with Gasteiger partial charge in [-0.1, -0.05) is 48.0 Å². The highest BCUT2D eigenvalue weighted by Crippen LogP contribution is 2.36. The molecule has 0 saturated heterocycles. The minimum Gasteiger partial charge on any atom is -0.317 e. The average Bonchev–Trinajstić information content (AvgIpc) is 3.40. The summed E-state index contributed by atoms with van der Waals surface area (Å²) in [6.45, 7) is 4.86. The molecule has 0 aromatic heterocycles. The van der Waals surface area contributed by atoms with E-state index in [-0.39, 0.29) is 12.1 Å². The molecule has 0 bridgehead atoms. The predicted octanol–water partition coefficient (Wildman–Crippen LogP) is 4.83. The Labute approximate surface area is 138 Å². The van der Waals surface area contributed by atoms with Crippen molar-refractivity contribution in [3.8, 4) is 0 Å². The Morgan fingerprint density at radius 3 is 2.39 bits per heavy atom. The van der Waals surface area contributed by atoms with Gasteiger partial charge in [0.05, 0.1) is 0 Å². The van der Waals surface area contributed by atoms with Crippen LogP contribution in [0.2, 0.25) is 0 Å². The maximum atomic E-state index is 12.8. The van der Waals surface area contributed by atoms with Gasteiger partial charge in [-0.25, -0.2) is 4.79 Å². The lowest BCUT2D eigenvalue weighted by atomic mass is 10.1. The molecule has 1 fully saturated rings. The van der Waals surface area contributed by atoms with E-state index < -0.39 is 0 Å². The van der Waals surface area contributed by atoms with Gasteiger partial charge in [0, 0.05) is 18.3 Å². The van der Waals surface area contributed by atoms with Gasteiger partial charge < -0.3 is 10.2 Å². The van der Waals surface area contributed by atoms with E-state index in [4.69, 9.17) is 0 Å². The van der Waals surface area contributed by atoms with Crippen LogP contribution in [-0.4, -0.2) is 17.0 Å². The zero-order valence-corrected chi connectivity index (χ0v) is 13.8. The third-order valence-electron chi connectivity index (χ3n) is 4.56. The molecule has 2 amide bonds. The Hall–Kier alpha value is -2.29. The highest BCUT2D eigenvalue weighted by Gasteiger charge is 2.34. The minimum atomic E-state index is -0.0166. The van der Waals surface area contributed by atoms with E-state index in [0.717, 1.165) is 5.69 Å². The van der Waals surface area contributed by atoms with Gasteiger partial charge in [0.2, 0.25) is 0 Å². The summed E-state index contributed by atoms with van der Waals surface area (Å²) in [5, 5.41) is 3.04. The van der Waals surface area contributed by atoms with Crippen molar-refractivity contribution >= 4 is 11.7 Å². The zero-order chi connectivity index (χ0) is 16.2. The third kappa shape index (κ3) is 4.13. The standard InChI is InChI=1S/C20H24N2O/c1-15-8-12-19(13-9-15)21-20(23)22(16(2)18-10-11-18)14-17-6-4-3-5-7-17/h3-9,12-13,16,18H,10-11,14H2,1-2H3,(H,21,23)/t16-/m0/s1. The van der Waals surface area contributed by atoms with Gasteiger partial charge in [-0.05, 0) is 50.3 Å². The predicted molar refractivity (Wildman–Crippen MR) is 94.4 cm³/mol. The van der Waals surface area contributed by atoms with Gasteiger partial charge in [-0.15, -0.1) is 0 Å². The Morgan fingerprint density at radius 1 is 1.13 bits per heavy atom. The van der Waals surface area contributed by atoms with E-state index >= 15 is 0 Å². The van der Waals surface area contributed by atoms with Gasteiger partial charge in [-0.2, -0.15) is 0 Å². The summed E-state index contributed by atoms with van der Waals surface area (Å²) in [5.41, 5.74) is 3.20. The molecule has 3 nitrogen and oxygen atoms in total. The summed E-state index contributed by atoms with van der Waals surface area (Å²) in [4.78, 5) is 14.8. The van der Waals surface area contributed by atoms with Crippen LogP contribution < -0.4 is 5.32 Å². The molecule has 0 unspecified atom stereocenters. The molecule has 1 aliphatic carbocycles. The number of aryl methyl sites for hydroxylation is 1. The second-order valence-electron chi connectivity index (χ2n) is 6.49. The van der Waals surface area contributed by atoms with Crippen LogP contribution >= 0.6 is 0 Å². The molecule has 1 saturated carbocycles. The molecular weight excluding hydrogens is 284 g/mol. The number of hydrogen-bond donors (Lipinski definition) is 1. The van der Waals surface area contributed by atoms with E-state index in [1.54, 1.807) is 0 Å². The molecular formula is C20H24N2O. The van der Waals surface area contributed by atoms with Crippen LogP contribution in [-0.2, 0) is 6.54 Å². The first kappa shape index (κ1) is 15.6. The largest absolute Gasteiger partial charge is 0.322 e. The quantitative estimate of drug-likeness (QED) is 0.843. The van der Waals surface area contributed by atoms with Crippen molar-refractivity contribution in [2.45, 2.75) is 39.3 Å². The first-order chi connectivity index (χ1) is 11.1. The second-order valence-corrected chi connectivity index (χ2v) is 6.49. The topological polar surface area (TPSA) is 32.3 Å². The molecule has 1 N–H and O–H groups in total. The molecule has 23 heavy (non-hydrogen) atoms. The van der Waals surface area contributed by atoms with Crippen molar-refractivity contribution < 1.29 is 4.79 Å². The van der Waals surface area contributed by atoms with Crippen LogP contribution in [0.5, 0.6) is 0 Å². The number of anilines is 1. The Kier molecular flexibility index (Phi) is 4.65. The molecule has 0 aliphatic heterocycles. The van der Waals surface area contributed by atoms with Crippen LogP contribution in [0, 0.1) is 12.8 Å². The summed E-state index contributed by atoms with van der Waals surface area (Å²) >= 11 is 0. The zero-order valence-electron chi connectivity index (χ0n) is 13.8. The molecule has 0 radical (unpaired) electrons. The molecule has 0 heterocycles. The molecule has 1 aliphatic rings. The van der Waals surface area contributed by atoms with Crippen molar-refractivity contribution in [2.24, 2.45) is 5.92 Å². The van der Waals surface area contributed by atoms with Crippen LogP contribution in [0.3, 0.4) is 0 Å².